The second-order valence-corrected chi connectivity index (χ2v) is 5.10. The normalized spacial score (nSPS) is 12.0. The van der Waals surface area contributed by atoms with Crippen molar-refractivity contribution in [3.63, 3.8) is 0 Å². The number of carboxylic acid groups (broad SMARTS) is 1. The number of carboxylic acids is 1. The number of rotatable bonds is 4. The maximum absolute atomic E-state index is 13.2. The van der Waals surface area contributed by atoms with Crippen LogP contribution in [0.2, 0.25) is 5.02 Å². The molecule has 1 aromatic carbocycles. The Bertz CT molecular complexity index is 661. The molecular formula is C15H14ClFN2O2. The summed E-state index contributed by atoms with van der Waals surface area (Å²) in [6, 6.07) is 8.06. The first-order chi connectivity index (χ1) is 9.90. The minimum absolute atomic E-state index is 0.140. The predicted molar refractivity (Wildman–Crippen MR) is 79.4 cm³/mol. The van der Waals surface area contributed by atoms with Gasteiger partial charge in [-0.25, -0.2) is 14.2 Å². The fourth-order valence-electron chi connectivity index (χ4n) is 2.02. The third kappa shape index (κ3) is 3.31. The van der Waals surface area contributed by atoms with Crippen LogP contribution in [0.3, 0.4) is 0 Å². The van der Waals surface area contributed by atoms with Gasteiger partial charge in [-0.3, -0.25) is 0 Å². The predicted octanol–water partition coefficient (Wildman–Crippen LogP) is 3.77. The van der Waals surface area contributed by atoms with Crippen LogP contribution in [-0.4, -0.2) is 23.1 Å². The van der Waals surface area contributed by atoms with Gasteiger partial charge in [-0.2, -0.15) is 0 Å². The van der Waals surface area contributed by atoms with E-state index >= 15 is 0 Å². The molecule has 0 aliphatic carbocycles. The molecule has 2 rings (SSSR count). The van der Waals surface area contributed by atoms with Gasteiger partial charge < -0.3 is 10.0 Å². The van der Waals surface area contributed by atoms with E-state index in [2.05, 4.69) is 4.98 Å². The Balaban J connectivity index is 2.37. The molecule has 0 amide bonds. The van der Waals surface area contributed by atoms with Crippen LogP contribution in [-0.2, 0) is 0 Å². The smallest absolute Gasteiger partial charge is 0.339 e. The van der Waals surface area contributed by atoms with Crippen LogP contribution < -0.4 is 4.90 Å². The van der Waals surface area contributed by atoms with Gasteiger partial charge in [-0.15, -0.1) is 0 Å². The molecule has 1 atom stereocenters. The Morgan fingerprint density at radius 1 is 1.38 bits per heavy atom. The molecule has 1 heterocycles. The number of anilines is 1. The lowest BCUT2D eigenvalue weighted by atomic mass is 10.1. The lowest BCUT2D eigenvalue weighted by Crippen LogP contribution is -2.25. The van der Waals surface area contributed by atoms with E-state index in [9.17, 15) is 14.3 Å². The highest BCUT2D eigenvalue weighted by molar-refractivity contribution is 6.30. The molecule has 0 saturated carbocycles. The van der Waals surface area contributed by atoms with Crippen LogP contribution in [0, 0.1) is 5.82 Å². The lowest BCUT2D eigenvalue weighted by Gasteiger charge is -2.27. The van der Waals surface area contributed by atoms with Crippen molar-refractivity contribution in [2.24, 2.45) is 0 Å². The van der Waals surface area contributed by atoms with Crippen molar-refractivity contribution in [2.75, 3.05) is 11.9 Å². The van der Waals surface area contributed by atoms with E-state index in [0.29, 0.717) is 5.02 Å². The van der Waals surface area contributed by atoms with Crippen LogP contribution in [0.25, 0.3) is 0 Å². The number of aromatic nitrogens is 1. The summed E-state index contributed by atoms with van der Waals surface area (Å²) in [4.78, 5) is 16.8. The van der Waals surface area contributed by atoms with Gasteiger partial charge in [0.25, 0.3) is 0 Å². The molecule has 0 saturated heterocycles. The molecule has 1 N–H and O–H groups in total. The Kier molecular flexibility index (Phi) is 4.43. The zero-order valence-corrected chi connectivity index (χ0v) is 12.3. The Morgan fingerprint density at radius 2 is 2.00 bits per heavy atom. The van der Waals surface area contributed by atoms with Gasteiger partial charge in [0.2, 0.25) is 0 Å². The van der Waals surface area contributed by atoms with Crippen LogP contribution >= 0.6 is 11.6 Å². The maximum atomic E-state index is 13.2. The van der Waals surface area contributed by atoms with E-state index in [0.717, 1.165) is 17.8 Å². The van der Waals surface area contributed by atoms with E-state index in [1.165, 1.54) is 0 Å². The van der Waals surface area contributed by atoms with E-state index in [-0.39, 0.29) is 17.4 Å². The van der Waals surface area contributed by atoms with Gasteiger partial charge >= 0.3 is 5.97 Å². The quantitative estimate of drug-likeness (QED) is 0.934. The molecule has 0 radical (unpaired) electrons. The second-order valence-electron chi connectivity index (χ2n) is 4.67. The van der Waals surface area contributed by atoms with Crippen LogP contribution in [0.1, 0.15) is 28.9 Å². The number of nitrogens with zero attached hydrogens (tertiary/aromatic N) is 2. The number of aromatic carboxylic acids is 1. The molecule has 0 aliphatic rings. The zero-order valence-electron chi connectivity index (χ0n) is 11.5. The van der Waals surface area contributed by atoms with Crippen LogP contribution in [0.15, 0.2) is 36.5 Å². The van der Waals surface area contributed by atoms with Gasteiger partial charge in [0.1, 0.15) is 17.2 Å². The molecule has 110 valence electrons. The van der Waals surface area contributed by atoms with Gasteiger partial charge in [0, 0.05) is 12.1 Å². The zero-order chi connectivity index (χ0) is 15.6. The summed E-state index contributed by atoms with van der Waals surface area (Å²) in [5.74, 6) is -1.68. The number of halogens is 2. The highest BCUT2D eigenvalue weighted by Crippen LogP contribution is 2.27. The molecule has 4 nitrogen and oxygen atoms in total. The molecule has 0 spiro atoms. The average molecular weight is 309 g/mol. The summed E-state index contributed by atoms with van der Waals surface area (Å²) in [6.45, 7) is 1.90. The van der Waals surface area contributed by atoms with Crippen molar-refractivity contribution < 1.29 is 14.3 Å². The average Bonchev–Trinajstić information content (AvgIpc) is 2.46. The maximum Gasteiger partial charge on any atom is 0.339 e. The highest BCUT2D eigenvalue weighted by atomic mass is 35.5. The fourth-order valence-corrected chi connectivity index (χ4v) is 2.14. The van der Waals surface area contributed by atoms with Crippen LogP contribution in [0.5, 0.6) is 0 Å². The summed E-state index contributed by atoms with van der Waals surface area (Å²) in [6.07, 6.45) is 1.01. The fraction of sp³-hybridized carbons (Fsp3) is 0.200. The summed E-state index contributed by atoms with van der Waals surface area (Å²) >= 11 is 5.85. The minimum atomic E-state index is -1.22. The van der Waals surface area contributed by atoms with Crippen molar-refractivity contribution in [1.29, 1.82) is 0 Å². The highest BCUT2D eigenvalue weighted by Gasteiger charge is 2.20. The number of carbonyl (C=O) groups is 1. The number of hydrogen-bond donors (Lipinski definition) is 1. The largest absolute Gasteiger partial charge is 0.478 e. The van der Waals surface area contributed by atoms with Crippen molar-refractivity contribution in [3.8, 4) is 0 Å². The van der Waals surface area contributed by atoms with Crippen molar-refractivity contribution in [1.82, 2.24) is 4.98 Å². The molecule has 6 heteroatoms. The van der Waals surface area contributed by atoms with E-state index in [4.69, 9.17) is 11.6 Å². The SMILES string of the molecule is CC(c1ccc(Cl)cc1)N(C)c1ncc(F)cc1C(=O)O. The third-order valence-corrected chi connectivity index (χ3v) is 3.58. The molecule has 1 aromatic heterocycles. The monoisotopic (exact) mass is 308 g/mol. The van der Waals surface area contributed by atoms with E-state index < -0.39 is 11.8 Å². The number of benzene rings is 1. The molecular weight excluding hydrogens is 295 g/mol. The van der Waals surface area contributed by atoms with Crippen molar-refractivity contribution in [3.05, 3.63) is 58.5 Å². The first-order valence-electron chi connectivity index (χ1n) is 6.27. The summed E-state index contributed by atoms with van der Waals surface area (Å²) in [7, 11) is 1.71. The molecule has 2 aromatic rings. The second kappa shape index (κ2) is 6.10. The van der Waals surface area contributed by atoms with Gasteiger partial charge in [0.05, 0.1) is 12.2 Å². The Hall–Kier alpha value is -2.14. The van der Waals surface area contributed by atoms with Gasteiger partial charge in [-0.1, -0.05) is 23.7 Å². The Labute approximate surface area is 126 Å². The van der Waals surface area contributed by atoms with Crippen molar-refractivity contribution in [2.45, 2.75) is 13.0 Å². The lowest BCUT2D eigenvalue weighted by molar-refractivity contribution is 0.0696. The molecule has 21 heavy (non-hydrogen) atoms. The topological polar surface area (TPSA) is 53.4 Å². The summed E-state index contributed by atoms with van der Waals surface area (Å²) in [5.41, 5.74) is 0.780. The molecule has 0 aliphatic heterocycles. The third-order valence-electron chi connectivity index (χ3n) is 3.33. The molecule has 1 unspecified atom stereocenters. The molecule has 0 bridgehead atoms. The molecule has 0 fully saturated rings. The number of hydrogen-bond acceptors (Lipinski definition) is 3. The first kappa shape index (κ1) is 15.3. The Morgan fingerprint density at radius 3 is 2.57 bits per heavy atom. The first-order valence-corrected chi connectivity index (χ1v) is 6.65. The van der Waals surface area contributed by atoms with Gasteiger partial charge in [-0.05, 0) is 30.7 Å². The van der Waals surface area contributed by atoms with Crippen molar-refractivity contribution >= 4 is 23.4 Å². The summed E-state index contributed by atoms with van der Waals surface area (Å²) in [5, 5.41) is 9.80. The van der Waals surface area contributed by atoms with Crippen LogP contribution in [0.4, 0.5) is 10.2 Å². The summed E-state index contributed by atoms with van der Waals surface area (Å²) < 4.78 is 13.2. The number of pyridine rings is 1. The standard InChI is InChI=1S/C15H14ClFN2O2/c1-9(10-3-5-11(16)6-4-10)19(2)14-13(15(20)21)7-12(17)8-18-14/h3-9H,1-2H3,(H,20,21). The van der Waals surface area contributed by atoms with E-state index in [1.54, 1.807) is 24.1 Å². The van der Waals surface area contributed by atoms with Gasteiger partial charge in [0.15, 0.2) is 0 Å². The minimum Gasteiger partial charge on any atom is -0.478 e. The van der Waals surface area contributed by atoms with E-state index in [1.807, 2.05) is 19.1 Å².